The van der Waals surface area contributed by atoms with Gasteiger partial charge in [0.15, 0.2) is 5.13 Å². The standard InChI is InChI=1S/C26H30N4O3S/c1-18-19(2)34-26(27-18)29-24(31)16-30-14-6-9-21(15-30)25(32)28-22-10-12-23(13-11-22)33-17-20-7-4-3-5-8-20/h3-5,7-8,10-13,21H,6,9,14-17H2,1-2H3,(H,28,32)(H,27,29,31). The van der Waals surface area contributed by atoms with Crippen molar-refractivity contribution in [1.82, 2.24) is 9.88 Å². The Morgan fingerprint density at radius 2 is 1.85 bits per heavy atom. The minimum Gasteiger partial charge on any atom is -0.489 e. The fourth-order valence-corrected chi connectivity index (χ4v) is 4.75. The summed E-state index contributed by atoms with van der Waals surface area (Å²) < 4.78 is 5.81. The molecule has 2 amide bonds. The predicted octanol–water partition coefficient (Wildman–Crippen LogP) is 4.63. The van der Waals surface area contributed by atoms with Crippen molar-refractivity contribution in [2.45, 2.75) is 33.3 Å². The summed E-state index contributed by atoms with van der Waals surface area (Å²) in [6.45, 7) is 6.05. The molecule has 34 heavy (non-hydrogen) atoms. The molecular formula is C26H30N4O3S. The Kier molecular flexibility index (Phi) is 7.92. The number of hydrogen-bond acceptors (Lipinski definition) is 6. The van der Waals surface area contributed by atoms with Gasteiger partial charge >= 0.3 is 0 Å². The molecule has 7 nitrogen and oxygen atoms in total. The van der Waals surface area contributed by atoms with E-state index in [0.29, 0.717) is 18.3 Å². The molecule has 3 aromatic rings. The van der Waals surface area contributed by atoms with Crippen LogP contribution in [0.5, 0.6) is 5.75 Å². The maximum atomic E-state index is 12.8. The number of carbonyl (C=O) groups excluding carboxylic acids is 2. The second kappa shape index (κ2) is 11.3. The van der Waals surface area contributed by atoms with Crippen molar-refractivity contribution in [1.29, 1.82) is 0 Å². The van der Waals surface area contributed by atoms with Gasteiger partial charge < -0.3 is 15.4 Å². The number of anilines is 2. The zero-order valence-corrected chi connectivity index (χ0v) is 20.4. The average molecular weight is 479 g/mol. The summed E-state index contributed by atoms with van der Waals surface area (Å²) in [5, 5.41) is 6.51. The van der Waals surface area contributed by atoms with Crippen LogP contribution in [0.1, 0.15) is 29.0 Å². The van der Waals surface area contributed by atoms with Crippen molar-refractivity contribution in [3.05, 3.63) is 70.7 Å². The molecule has 2 N–H and O–H groups in total. The van der Waals surface area contributed by atoms with Gasteiger partial charge in [0, 0.05) is 17.1 Å². The van der Waals surface area contributed by atoms with Crippen molar-refractivity contribution in [2.24, 2.45) is 5.92 Å². The zero-order chi connectivity index (χ0) is 23.9. The minimum atomic E-state index is -0.153. The molecule has 0 radical (unpaired) electrons. The number of rotatable bonds is 8. The Bertz CT molecular complexity index is 1100. The lowest BCUT2D eigenvalue weighted by Gasteiger charge is -2.31. The molecule has 0 spiro atoms. The molecule has 1 fully saturated rings. The van der Waals surface area contributed by atoms with Gasteiger partial charge in [-0.15, -0.1) is 11.3 Å². The van der Waals surface area contributed by atoms with Gasteiger partial charge in [-0.3, -0.25) is 14.5 Å². The Morgan fingerprint density at radius 3 is 2.56 bits per heavy atom. The molecule has 0 bridgehead atoms. The van der Waals surface area contributed by atoms with Crippen LogP contribution in [0.2, 0.25) is 0 Å². The lowest BCUT2D eigenvalue weighted by Crippen LogP contribution is -2.43. The number of thiazole rings is 1. The van der Waals surface area contributed by atoms with Crippen LogP contribution >= 0.6 is 11.3 Å². The number of amides is 2. The van der Waals surface area contributed by atoms with Crippen LogP contribution in [0.4, 0.5) is 10.8 Å². The maximum absolute atomic E-state index is 12.8. The SMILES string of the molecule is Cc1nc(NC(=O)CN2CCCC(C(=O)Nc3ccc(OCc4ccccc4)cc3)C2)sc1C. The van der Waals surface area contributed by atoms with E-state index in [9.17, 15) is 9.59 Å². The largest absolute Gasteiger partial charge is 0.489 e. The highest BCUT2D eigenvalue weighted by Gasteiger charge is 2.27. The quantitative estimate of drug-likeness (QED) is 0.493. The Labute approximate surface area is 204 Å². The lowest BCUT2D eigenvalue weighted by atomic mass is 9.97. The number of benzene rings is 2. The molecule has 1 atom stereocenters. The number of piperidine rings is 1. The van der Waals surface area contributed by atoms with Gasteiger partial charge in [-0.05, 0) is 63.1 Å². The number of nitrogens with one attached hydrogen (secondary N) is 2. The van der Waals surface area contributed by atoms with Crippen LogP contribution in [-0.2, 0) is 16.2 Å². The van der Waals surface area contributed by atoms with E-state index in [1.54, 1.807) is 0 Å². The summed E-state index contributed by atoms with van der Waals surface area (Å²) in [6.07, 6.45) is 1.69. The number of likely N-dealkylation sites (tertiary alicyclic amines) is 1. The summed E-state index contributed by atoms with van der Waals surface area (Å²) in [5.74, 6) is 0.484. The third-order valence-corrected chi connectivity index (χ3v) is 6.88. The Hall–Kier alpha value is -3.23. The molecular weight excluding hydrogens is 448 g/mol. The molecule has 1 aliphatic heterocycles. The van der Waals surface area contributed by atoms with Crippen molar-refractivity contribution in [2.75, 3.05) is 30.3 Å². The lowest BCUT2D eigenvalue weighted by molar-refractivity contribution is -0.123. The maximum Gasteiger partial charge on any atom is 0.240 e. The van der Waals surface area contributed by atoms with Gasteiger partial charge in [0.05, 0.1) is 18.2 Å². The van der Waals surface area contributed by atoms with E-state index < -0.39 is 0 Å². The average Bonchev–Trinajstić information content (AvgIpc) is 3.15. The third kappa shape index (κ3) is 6.65. The van der Waals surface area contributed by atoms with Gasteiger partial charge in [0.1, 0.15) is 12.4 Å². The normalized spacial score (nSPS) is 16.1. The predicted molar refractivity (Wildman–Crippen MR) is 135 cm³/mol. The highest BCUT2D eigenvalue weighted by Crippen LogP contribution is 2.23. The van der Waals surface area contributed by atoms with E-state index in [2.05, 4.69) is 15.6 Å². The van der Waals surface area contributed by atoms with Gasteiger partial charge in [-0.1, -0.05) is 30.3 Å². The minimum absolute atomic E-state index is 0.0192. The molecule has 1 saturated heterocycles. The molecule has 1 unspecified atom stereocenters. The van der Waals surface area contributed by atoms with Crippen LogP contribution < -0.4 is 15.4 Å². The molecule has 0 aliphatic carbocycles. The number of hydrogen-bond donors (Lipinski definition) is 2. The van der Waals surface area contributed by atoms with Crippen molar-refractivity contribution in [3.63, 3.8) is 0 Å². The molecule has 2 heterocycles. The highest BCUT2D eigenvalue weighted by molar-refractivity contribution is 7.15. The molecule has 1 aromatic heterocycles. The first kappa shape index (κ1) is 23.9. The van der Waals surface area contributed by atoms with Crippen molar-refractivity contribution < 1.29 is 14.3 Å². The summed E-state index contributed by atoms with van der Waals surface area (Å²) in [4.78, 5) is 32.8. The summed E-state index contributed by atoms with van der Waals surface area (Å²) in [6, 6.07) is 17.4. The van der Waals surface area contributed by atoms with Gasteiger partial charge in [0.2, 0.25) is 11.8 Å². The number of ether oxygens (including phenoxy) is 1. The van der Waals surface area contributed by atoms with Gasteiger partial charge in [-0.25, -0.2) is 4.98 Å². The number of aryl methyl sites for hydroxylation is 2. The highest BCUT2D eigenvalue weighted by atomic mass is 32.1. The van der Waals surface area contributed by atoms with Gasteiger partial charge in [0.25, 0.3) is 0 Å². The summed E-state index contributed by atoms with van der Waals surface area (Å²) in [5.41, 5.74) is 2.78. The van der Waals surface area contributed by atoms with Crippen LogP contribution in [0.15, 0.2) is 54.6 Å². The van der Waals surface area contributed by atoms with Gasteiger partial charge in [-0.2, -0.15) is 0 Å². The summed E-state index contributed by atoms with van der Waals surface area (Å²) >= 11 is 1.48. The molecule has 4 rings (SSSR count). The van der Waals surface area contributed by atoms with Crippen LogP contribution in [0, 0.1) is 19.8 Å². The van der Waals surface area contributed by atoms with Crippen molar-refractivity contribution in [3.8, 4) is 5.75 Å². The summed E-state index contributed by atoms with van der Waals surface area (Å²) in [7, 11) is 0. The van der Waals surface area contributed by atoms with E-state index in [1.807, 2.05) is 73.3 Å². The second-order valence-electron chi connectivity index (χ2n) is 8.57. The Morgan fingerprint density at radius 1 is 1.09 bits per heavy atom. The molecule has 8 heteroatoms. The van der Waals surface area contributed by atoms with Crippen LogP contribution in [-0.4, -0.2) is 41.3 Å². The second-order valence-corrected chi connectivity index (χ2v) is 9.77. The van der Waals surface area contributed by atoms with E-state index >= 15 is 0 Å². The monoisotopic (exact) mass is 478 g/mol. The van der Waals surface area contributed by atoms with E-state index in [4.69, 9.17) is 4.74 Å². The fourth-order valence-electron chi connectivity index (χ4n) is 3.92. The third-order valence-electron chi connectivity index (χ3n) is 5.89. The molecule has 178 valence electrons. The molecule has 2 aromatic carbocycles. The topological polar surface area (TPSA) is 83.6 Å². The van der Waals surface area contributed by atoms with E-state index in [1.165, 1.54) is 11.3 Å². The molecule has 0 saturated carbocycles. The zero-order valence-electron chi connectivity index (χ0n) is 19.5. The number of nitrogens with zero attached hydrogens (tertiary/aromatic N) is 2. The van der Waals surface area contributed by atoms with Crippen LogP contribution in [0.3, 0.4) is 0 Å². The van der Waals surface area contributed by atoms with E-state index in [0.717, 1.165) is 47.0 Å². The first-order chi connectivity index (χ1) is 16.5. The fraction of sp³-hybridized carbons (Fsp3) is 0.346. The molecule has 1 aliphatic rings. The van der Waals surface area contributed by atoms with Crippen LogP contribution in [0.25, 0.3) is 0 Å². The first-order valence-electron chi connectivity index (χ1n) is 11.5. The number of carbonyl (C=O) groups is 2. The van der Waals surface area contributed by atoms with E-state index in [-0.39, 0.29) is 24.3 Å². The van der Waals surface area contributed by atoms with Crippen molar-refractivity contribution >= 4 is 34.0 Å². The Balaban J connectivity index is 1.24. The first-order valence-corrected chi connectivity index (χ1v) is 12.3. The smallest absolute Gasteiger partial charge is 0.240 e. The number of aromatic nitrogens is 1.